The van der Waals surface area contributed by atoms with Gasteiger partial charge in [-0.3, -0.25) is 0 Å². The SMILES string of the molecule is CC1(C)C2N=NC3(CC3(Cl)Cl)C21. The molecule has 0 amide bonds. The highest BCUT2D eigenvalue weighted by molar-refractivity contribution is 6.52. The molecule has 4 heteroatoms. The minimum absolute atomic E-state index is 0.204. The molecule has 0 saturated heterocycles. The minimum atomic E-state index is -0.621. The van der Waals surface area contributed by atoms with Gasteiger partial charge in [0.25, 0.3) is 0 Å². The van der Waals surface area contributed by atoms with E-state index in [1.807, 2.05) is 0 Å². The molecule has 1 heterocycles. The zero-order valence-electron chi connectivity index (χ0n) is 7.01. The van der Waals surface area contributed by atoms with Gasteiger partial charge in [0.15, 0.2) is 0 Å². The lowest BCUT2D eigenvalue weighted by Crippen LogP contribution is -2.18. The normalized spacial score (nSPS) is 55.7. The summed E-state index contributed by atoms with van der Waals surface area (Å²) in [6.07, 6.45) is 0.789. The molecule has 2 saturated carbocycles. The molecule has 1 aliphatic heterocycles. The molecule has 0 N–H and O–H groups in total. The van der Waals surface area contributed by atoms with Crippen molar-refractivity contribution in [2.24, 2.45) is 21.6 Å². The molecule has 2 aliphatic carbocycles. The van der Waals surface area contributed by atoms with Crippen LogP contribution in [-0.2, 0) is 0 Å². The van der Waals surface area contributed by atoms with E-state index in [0.717, 1.165) is 6.42 Å². The van der Waals surface area contributed by atoms with Gasteiger partial charge >= 0.3 is 0 Å². The van der Waals surface area contributed by atoms with Gasteiger partial charge in [-0.25, -0.2) is 0 Å². The first-order chi connectivity index (χ1) is 5.42. The van der Waals surface area contributed by atoms with Crippen LogP contribution in [0.2, 0.25) is 0 Å². The Kier molecular flexibility index (Phi) is 0.990. The average molecular weight is 205 g/mol. The van der Waals surface area contributed by atoms with Crippen LogP contribution in [-0.4, -0.2) is 15.9 Å². The van der Waals surface area contributed by atoms with Crippen molar-refractivity contribution < 1.29 is 0 Å². The van der Waals surface area contributed by atoms with Crippen molar-refractivity contribution in [3.63, 3.8) is 0 Å². The van der Waals surface area contributed by atoms with Crippen LogP contribution in [0.4, 0.5) is 0 Å². The van der Waals surface area contributed by atoms with E-state index in [-0.39, 0.29) is 11.0 Å². The monoisotopic (exact) mass is 204 g/mol. The van der Waals surface area contributed by atoms with Crippen LogP contribution in [0.3, 0.4) is 0 Å². The Labute approximate surface area is 81.3 Å². The maximum atomic E-state index is 6.06. The number of fused-ring (bicyclic) bond motifs is 2. The largest absolute Gasteiger partial charge is 0.189 e. The molecule has 3 aliphatic rings. The second-order valence-corrected chi connectivity index (χ2v) is 6.25. The lowest BCUT2D eigenvalue weighted by Gasteiger charge is -2.11. The van der Waals surface area contributed by atoms with Gasteiger partial charge in [-0.15, -0.1) is 0 Å². The van der Waals surface area contributed by atoms with Crippen LogP contribution in [0.5, 0.6) is 0 Å². The Morgan fingerprint density at radius 3 is 2.17 bits per heavy atom. The van der Waals surface area contributed by atoms with E-state index in [9.17, 15) is 0 Å². The summed E-state index contributed by atoms with van der Waals surface area (Å²) in [5.74, 6) is 0.500. The molecular formula is C8H10Cl2N2. The van der Waals surface area contributed by atoms with E-state index in [4.69, 9.17) is 23.2 Å². The summed E-state index contributed by atoms with van der Waals surface area (Å²) >= 11 is 12.1. The summed E-state index contributed by atoms with van der Waals surface area (Å²) in [6.45, 7) is 4.43. The predicted molar refractivity (Wildman–Crippen MR) is 47.7 cm³/mol. The van der Waals surface area contributed by atoms with Crippen molar-refractivity contribution in [3.05, 3.63) is 0 Å². The van der Waals surface area contributed by atoms with Crippen molar-refractivity contribution in [1.82, 2.24) is 0 Å². The number of hydrogen-bond acceptors (Lipinski definition) is 2. The smallest absolute Gasteiger partial charge is 0.148 e. The summed E-state index contributed by atoms with van der Waals surface area (Å²) in [7, 11) is 0. The summed E-state index contributed by atoms with van der Waals surface area (Å²) in [4.78, 5) is 0. The number of hydrogen-bond donors (Lipinski definition) is 0. The topological polar surface area (TPSA) is 24.7 Å². The zero-order valence-corrected chi connectivity index (χ0v) is 8.52. The summed E-state index contributed by atoms with van der Waals surface area (Å²) in [6, 6.07) is 0.386. The van der Waals surface area contributed by atoms with E-state index in [0.29, 0.717) is 12.0 Å². The molecule has 2 fully saturated rings. The van der Waals surface area contributed by atoms with E-state index in [1.165, 1.54) is 0 Å². The molecule has 0 bridgehead atoms. The third-order valence-corrected chi connectivity index (χ3v) is 4.57. The Hall–Kier alpha value is 0.180. The standard InChI is InChI=1S/C8H10Cl2N2/c1-6(2)4-5(6)11-12-7(4)3-8(7,9)10/h4-5H,3H2,1-2H3. The molecule has 66 valence electrons. The Bertz CT molecular complexity index is 295. The van der Waals surface area contributed by atoms with E-state index in [2.05, 4.69) is 24.1 Å². The van der Waals surface area contributed by atoms with Gasteiger partial charge in [0, 0.05) is 12.3 Å². The fraction of sp³-hybridized carbons (Fsp3) is 1.00. The molecule has 1 spiro atoms. The lowest BCUT2D eigenvalue weighted by atomic mass is 10.0. The Morgan fingerprint density at radius 2 is 1.92 bits per heavy atom. The van der Waals surface area contributed by atoms with E-state index in [1.54, 1.807) is 0 Å². The Morgan fingerprint density at radius 1 is 1.33 bits per heavy atom. The first kappa shape index (κ1) is 7.57. The quantitative estimate of drug-likeness (QED) is 0.543. The second-order valence-electron chi connectivity index (χ2n) is 4.76. The number of alkyl halides is 2. The average Bonchev–Trinajstić information content (AvgIpc) is 2.54. The lowest BCUT2D eigenvalue weighted by molar-refractivity contribution is 0.445. The molecule has 0 aromatic rings. The number of halogens is 2. The van der Waals surface area contributed by atoms with Gasteiger partial charge in [0.2, 0.25) is 0 Å². The number of rotatable bonds is 0. The van der Waals surface area contributed by atoms with Crippen LogP contribution in [0.15, 0.2) is 10.2 Å². The summed E-state index contributed by atoms with van der Waals surface area (Å²) in [5.41, 5.74) is 0.0809. The Balaban J connectivity index is 2.00. The third-order valence-electron chi connectivity index (χ3n) is 3.65. The molecule has 0 aromatic carbocycles. The van der Waals surface area contributed by atoms with Crippen molar-refractivity contribution in [1.29, 1.82) is 0 Å². The van der Waals surface area contributed by atoms with Crippen molar-refractivity contribution in [2.45, 2.75) is 36.2 Å². The second kappa shape index (κ2) is 1.57. The predicted octanol–water partition coefficient (Wildman–Crippen LogP) is 2.79. The van der Waals surface area contributed by atoms with Crippen LogP contribution in [0, 0.1) is 11.3 Å². The molecular weight excluding hydrogens is 195 g/mol. The summed E-state index contributed by atoms with van der Waals surface area (Å²) in [5, 5.41) is 8.45. The maximum absolute atomic E-state index is 6.06. The van der Waals surface area contributed by atoms with Crippen LogP contribution < -0.4 is 0 Å². The molecule has 3 unspecified atom stereocenters. The van der Waals surface area contributed by atoms with Crippen molar-refractivity contribution in [2.75, 3.05) is 0 Å². The molecule has 3 atom stereocenters. The molecule has 0 radical (unpaired) electrons. The highest BCUT2D eigenvalue weighted by Crippen LogP contribution is 2.77. The fourth-order valence-electron chi connectivity index (χ4n) is 2.67. The maximum Gasteiger partial charge on any atom is 0.148 e. The summed E-state index contributed by atoms with van der Waals surface area (Å²) < 4.78 is -0.621. The number of nitrogens with zero attached hydrogens (tertiary/aromatic N) is 2. The number of azo groups is 1. The van der Waals surface area contributed by atoms with E-state index >= 15 is 0 Å². The highest BCUT2D eigenvalue weighted by Gasteiger charge is 2.84. The molecule has 0 aromatic heterocycles. The van der Waals surface area contributed by atoms with E-state index < -0.39 is 4.33 Å². The molecule has 3 rings (SSSR count). The van der Waals surface area contributed by atoms with Gasteiger partial charge in [-0.05, 0) is 5.41 Å². The van der Waals surface area contributed by atoms with Crippen molar-refractivity contribution >= 4 is 23.2 Å². The zero-order chi connectivity index (χ0) is 8.78. The fourth-order valence-corrected chi connectivity index (χ4v) is 3.39. The van der Waals surface area contributed by atoms with Crippen LogP contribution in [0.1, 0.15) is 20.3 Å². The first-order valence-electron chi connectivity index (χ1n) is 4.22. The highest BCUT2D eigenvalue weighted by atomic mass is 35.5. The first-order valence-corrected chi connectivity index (χ1v) is 4.97. The van der Waals surface area contributed by atoms with Crippen LogP contribution in [0.25, 0.3) is 0 Å². The van der Waals surface area contributed by atoms with Crippen molar-refractivity contribution in [3.8, 4) is 0 Å². The molecule has 12 heavy (non-hydrogen) atoms. The van der Waals surface area contributed by atoms with Gasteiger partial charge in [-0.1, -0.05) is 37.0 Å². The minimum Gasteiger partial charge on any atom is -0.189 e. The third kappa shape index (κ3) is 0.559. The van der Waals surface area contributed by atoms with Gasteiger partial charge in [0.1, 0.15) is 9.87 Å². The van der Waals surface area contributed by atoms with Gasteiger partial charge < -0.3 is 0 Å². The molecule has 2 nitrogen and oxygen atoms in total. The van der Waals surface area contributed by atoms with Gasteiger partial charge in [-0.2, -0.15) is 10.2 Å². The van der Waals surface area contributed by atoms with Crippen LogP contribution >= 0.6 is 23.2 Å². The van der Waals surface area contributed by atoms with Gasteiger partial charge in [0.05, 0.1) is 6.04 Å².